The predicted molar refractivity (Wildman–Crippen MR) is 105 cm³/mol. The lowest BCUT2D eigenvalue weighted by atomic mass is 9.91. The molecule has 1 heterocycles. The van der Waals surface area contributed by atoms with Crippen LogP contribution in [0.4, 0.5) is 0 Å². The van der Waals surface area contributed by atoms with Gasteiger partial charge in [-0.2, -0.15) is 0 Å². The van der Waals surface area contributed by atoms with Crippen molar-refractivity contribution < 1.29 is 9.47 Å². The van der Waals surface area contributed by atoms with Gasteiger partial charge < -0.3 is 9.47 Å². The number of nitrogens with one attached hydrogen (secondary N) is 1. The van der Waals surface area contributed by atoms with E-state index in [2.05, 4.69) is 5.10 Å². The summed E-state index contributed by atoms with van der Waals surface area (Å²) in [6.07, 6.45) is 3.58. The molecule has 0 amide bonds. The van der Waals surface area contributed by atoms with E-state index in [4.69, 9.17) is 9.47 Å². The summed E-state index contributed by atoms with van der Waals surface area (Å²) in [7, 11) is 3.09. The van der Waals surface area contributed by atoms with Gasteiger partial charge in [-0.25, -0.2) is 23.9 Å². The Kier molecular flexibility index (Phi) is 4.75. The first kappa shape index (κ1) is 18.1. The second-order valence-corrected chi connectivity index (χ2v) is 6.67. The third-order valence-corrected chi connectivity index (χ3v) is 4.97. The molecule has 0 aliphatic heterocycles. The quantitative estimate of drug-likeness (QED) is 0.690. The average molecular weight is 379 g/mol. The van der Waals surface area contributed by atoms with Gasteiger partial charge in [-0.05, 0) is 28.8 Å². The lowest BCUT2D eigenvalue weighted by Gasteiger charge is -2.27. The van der Waals surface area contributed by atoms with Crippen molar-refractivity contribution >= 4 is 0 Å². The molecule has 28 heavy (non-hydrogen) atoms. The van der Waals surface area contributed by atoms with Crippen molar-refractivity contribution in [2.45, 2.75) is 18.8 Å². The molecule has 0 unspecified atom stereocenters. The Hall–Kier alpha value is -3.32. The molecule has 0 bridgehead atoms. The minimum Gasteiger partial charge on any atom is -0.497 e. The smallest absolute Gasteiger partial charge is 0.347 e. The van der Waals surface area contributed by atoms with Crippen molar-refractivity contribution in [1.82, 2.24) is 14.3 Å². The normalized spacial score (nSPS) is 18.1. The molecule has 1 aliphatic rings. The predicted octanol–water partition coefficient (Wildman–Crippen LogP) is 2.30. The summed E-state index contributed by atoms with van der Waals surface area (Å²) in [5.74, 6) is 0.803. The number of aromatic amines is 1. The zero-order valence-corrected chi connectivity index (χ0v) is 15.7. The van der Waals surface area contributed by atoms with E-state index in [0.717, 1.165) is 27.0 Å². The van der Waals surface area contributed by atoms with E-state index in [0.29, 0.717) is 6.61 Å². The van der Waals surface area contributed by atoms with Gasteiger partial charge in [-0.15, -0.1) is 0 Å². The fourth-order valence-electron chi connectivity index (χ4n) is 3.39. The van der Waals surface area contributed by atoms with E-state index in [1.807, 2.05) is 60.7 Å². The van der Waals surface area contributed by atoms with Gasteiger partial charge in [0, 0.05) is 7.05 Å². The number of hydrogen-bond donors (Lipinski definition) is 1. The zero-order valence-electron chi connectivity index (χ0n) is 15.7. The molecule has 4 rings (SSSR count). The largest absolute Gasteiger partial charge is 0.497 e. The van der Waals surface area contributed by atoms with Gasteiger partial charge in [0.15, 0.2) is 0 Å². The molecule has 1 N–H and O–H groups in total. The highest BCUT2D eigenvalue weighted by molar-refractivity contribution is 5.40. The lowest BCUT2D eigenvalue weighted by molar-refractivity contribution is 0.0691. The van der Waals surface area contributed by atoms with Crippen LogP contribution < -0.4 is 16.1 Å². The zero-order chi connectivity index (χ0) is 19.7. The molecular formula is C21H21N3O4. The van der Waals surface area contributed by atoms with Crippen molar-refractivity contribution in [2.24, 2.45) is 7.05 Å². The fraction of sp³-hybridized carbons (Fsp3) is 0.238. The second kappa shape index (κ2) is 7.36. The summed E-state index contributed by atoms with van der Waals surface area (Å²) in [6, 6.07) is 15.1. The Morgan fingerprint density at radius 3 is 2.36 bits per heavy atom. The molecule has 0 fully saturated rings. The maximum absolute atomic E-state index is 12.4. The van der Waals surface area contributed by atoms with Gasteiger partial charge in [-0.3, -0.25) is 0 Å². The first-order chi connectivity index (χ1) is 13.6. The number of benzene rings is 2. The number of nitrogens with zero attached hydrogens (tertiary/aromatic N) is 2. The van der Waals surface area contributed by atoms with Crippen LogP contribution in [-0.2, 0) is 18.4 Å². The highest BCUT2D eigenvalue weighted by Crippen LogP contribution is 2.34. The summed E-state index contributed by atoms with van der Waals surface area (Å²) >= 11 is 0. The van der Waals surface area contributed by atoms with Crippen LogP contribution in [0, 0.1) is 0 Å². The second-order valence-electron chi connectivity index (χ2n) is 6.67. The van der Waals surface area contributed by atoms with Crippen molar-refractivity contribution in [3.8, 4) is 5.75 Å². The number of allylic oxidation sites excluding steroid dienone is 1. The Morgan fingerprint density at radius 1 is 1.00 bits per heavy atom. The Bertz CT molecular complexity index is 1120. The van der Waals surface area contributed by atoms with Crippen molar-refractivity contribution in [3.63, 3.8) is 0 Å². The molecule has 3 aromatic rings. The van der Waals surface area contributed by atoms with Crippen molar-refractivity contribution in [3.05, 3.63) is 98.3 Å². The van der Waals surface area contributed by atoms with Crippen LogP contribution >= 0.6 is 0 Å². The summed E-state index contributed by atoms with van der Waals surface area (Å²) < 4.78 is 13.7. The van der Waals surface area contributed by atoms with E-state index in [1.165, 1.54) is 11.7 Å². The van der Waals surface area contributed by atoms with Gasteiger partial charge in [0.1, 0.15) is 11.9 Å². The Balaban J connectivity index is 1.60. The van der Waals surface area contributed by atoms with E-state index < -0.39 is 5.69 Å². The molecule has 1 aliphatic carbocycles. The topological polar surface area (TPSA) is 78.2 Å². The summed E-state index contributed by atoms with van der Waals surface area (Å²) in [5, 5.41) is 2.61. The van der Waals surface area contributed by atoms with Crippen LogP contribution in [0.25, 0.3) is 0 Å². The standard InChI is InChI=1S/C21H21N3O4/c1-23-20(25)22-24(21(23)26)18-11-12-19(17-6-4-3-5-16(17)18)28-13-14-7-9-15(27-2)10-8-14/h3-12,18-19H,13H2,1-2H3,(H,22,25)/t18-,19+/m1/s1. The SMILES string of the molecule is COc1ccc(CO[C@H]2C=C[C@@H](n3[nH]c(=O)n(C)c3=O)c3ccccc32)cc1. The van der Waals surface area contributed by atoms with Crippen molar-refractivity contribution in [2.75, 3.05) is 7.11 Å². The lowest BCUT2D eigenvalue weighted by Crippen LogP contribution is -2.29. The molecule has 1 aromatic heterocycles. The monoisotopic (exact) mass is 379 g/mol. The Labute approximate surface area is 161 Å². The molecule has 2 aromatic carbocycles. The van der Waals surface area contributed by atoms with Gasteiger partial charge in [0.05, 0.1) is 19.8 Å². The van der Waals surface area contributed by atoms with E-state index in [1.54, 1.807) is 7.11 Å². The molecule has 0 saturated carbocycles. The van der Waals surface area contributed by atoms with E-state index >= 15 is 0 Å². The van der Waals surface area contributed by atoms with E-state index in [-0.39, 0.29) is 17.8 Å². The number of fused-ring (bicyclic) bond motifs is 1. The van der Waals surface area contributed by atoms with Crippen LogP contribution in [0.5, 0.6) is 5.75 Å². The fourth-order valence-corrected chi connectivity index (χ4v) is 3.39. The third kappa shape index (κ3) is 3.20. The summed E-state index contributed by atoms with van der Waals surface area (Å²) in [4.78, 5) is 24.2. The molecule has 144 valence electrons. The Morgan fingerprint density at radius 2 is 1.71 bits per heavy atom. The maximum Gasteiger partial charge on any atom is 0.347 e. The van der Waals surface area contributed by atoms with E-state index in [9.17, 15) is 9.59 Å². The number of ether oxygens (including phenoxy) is 2. The average Bonchev–Trinajstić information content (AvgIpc) is 2.99. The van der Waals surface area contributed by atoms with Crippen LogP contribution in [-0.4, -0.2) is 21.5 Å². The molecule has 7 heteroatoms. The third-order valence-electron chi connectivity index (χ3n) is 4.97. The molecule has 0 radical (unpaired) electrons. The van der Waals surface area contributed by atoms with Gasteiger partial charge in [-0.1, -0.05) is 48.6 Å². The number of H-pyrrole nitrogens is 1. The highest BCUT2D eigenvalue weighted by atomic mass is 16.5. The van der Waals surface area contributed by atoms with Crippen LogP contribution in [0.15, 0.2) is 70.3 Å². The van der Waals surface area contributed by atoms with Gasteiger partial charge in [0.25, 0.3) is 0 Å². The molecule has 0 spiro atoms. The summed E-state index contributed by atoms with van der Waals surface area (Å²) in [5.41, 5.74) is 2.12. The number of hydrogen-bond acceptors (Lipinski definition) is 4. The molecule has 0 saturated heterocycles. The van der Waals surface area contributed by atoms with Gasteiger partial charge in [0.2, 0.25) is 0 Å². The number of aromatic nitrogens is 3. The molecule has 7 nitrogen and oxygen atoms in total. The van der Waals surface area contributed by atoms with Crippen LogP contribution in [0.2, 0.25) is 0 Å². The van der Waals surface area contributed by atoms with Crippen LogP contribution in [0.1, 0.15) is 28.8 Å². The first-order valence-corrected chi connectivity index (χ1v) is 8.97. The maximum atomic E-state index is 12.4. The first-order valence-electron chi connectivity index (χ1n) is 8.97. The molecular weight excluding hydrogens is 358 g/mol. The van der Waals surface area contributed by atoms with Crippen molar-refractivity contribution in [1.29, 1.82) is 0 Å². The van der Waals surface area contributed by atoms with Crippen LogP contribution in [0.3, 0.4) is 0 Å². The highest BCUT2D eigenvalue weighted by Gasteiger charge is 2.26. The summed E-state index contributed by atoms with van der Waals surface area (Å²) in [6.45, 7) is 0.445. The minimum absolute atomic E-state index is 0.235. The van der Waals surface area contributed by atoms with Gasteiger partial charge >= 0.3 is 11.4 Å². The molecule has 2 atom stereocenters. The number of rotatable bonds is 5. The number of methoxy groups -OCH3 is 1. The minimum atomic E-state index is -0.436.